The fraction of sp³-hybridized carbons (Fsp3) is 0.654. The first-order valence-electron chi connectivity index (χ1n) is 12.5. The second-order valence-electron chi connectivity index (χ2n) is 10.2. The van der Waals surface area contributed by atoms with Gasteiger partial charge in [-0.3, -0.25) is 19.3 Å². The van der Waals surface area contributed by atoms with Crippen molar-refractivity contribution < 1.29 is 23.9 Å². The Labute approximate surface area is 201 Å². The molecule has 186 valence electrons. The molecule has 34 heavy (non-hydrogen) atoms. The number of ether oxygens (including phenoxy) is 2. The lowest BCUT2D eigenvalue weighted by Crippen LogP contribution is -2.60. The highest BCUT2D eigenvalue weighted by Gasteiger charge is 2.54. The SMILES string of the molecule is Cc1cccc(C(=O)N2[C@@H](C(=O)NC[C@@H]3CCCO3)COC23CCN(C(=O)CC(C)C)CC3)c1. The number of likely N-dealkylation sites (tertiary alicyclic amines) is 1. The van der Waals surface area contributed by atoms with Crippen molar-refractivity contribution >= 4 is 17.7 Å². The number of piperidine rings is 1. The van der Waals surface area contributed by atoms with Crippen LogP contribution in [0, 0.1) is 12.8 Å². The van der Waals surface area contributed by atoms with Gasteiger partial charge in [0.25, 0.3) is 5.91 Å². The fourth-order valence-corrected chi connectivity index (χ4v) is 5.21. The number of carbonyl (C=O) groups is 3. The molecule has 4 rings (SSSR count). The molecule has 3 fully saturated rings. The van der Waals surface area contributed by atoms with Crippen LogP contribution < -0.4 is 5.32 Å². The Bertz CT molecular complexity index is 903. The van der Waals surface area contributed by atoms with Gasteiger partial charge in [-0.15, -0.1) is 0 Å². The zero-order valence-corrected chi connectivity index (χ0v) is 20.5. The molecule has 8 nitrogen and oxygen atoms in total. The molecule has 1 N–H and O–H groups in total. The number of rotatable bonds is 6. The fourth-order valence-electron chi connectivity index (χ4n) is 5.21. The van der Waals surface area contributed by atoms with Crippen LogP contribution in [0.15, 0.2) is 24.3 Å². The number of nitrogens with one attached hydrogen (secondary N) is 1. The van der Waals surface area contributed by atoms with Crippen molar-refractivity contribution in [2.75, 3.05) is 32.8 Å². The molecule has 0 aliphatic carbocycles. The quantitative estimate of drug-likeness (QED) is 0.689. The van der Waals surface area contributed by atoms with E-state index in [1.807, 2.05) is 43.9 Å². The van der Waals surface area contributed by atoms with Gasteiger partial charge in [-0.1, -0.05) is 31.5 Å². The van der Waals surface area contributed by atoms with Crippen molar-refractivity contribution in [2.24, 2.45) is 5.92 Å². The van der Waals surface area contributed by atoms with Crippen LogP contribution in [0.3, 0.4) is 0 Å². The number of amides is 3. The van der Waals surface area contributed by atoms with E-state index in [2.05, 4.69) is 5.32 Å². The van der Waals surface area contributed by atoms with Crippen LogP contribution >= 0.6 is 0 Å². The van der Waals surface area contributed by atoms with Gasteiger partial charge < -0.3 is 19.7 Å². The van der Waals surface area contributed by atoms with Crippen LogP contribution in [-0.4, -0.2) is 78.2 Å². The molecule has 3 aliphatic heterocycles. The van der Waals surface area contributed by atoms with Gasteiger partial charge in [-0.25, -0.2) is 0 Å². The minimum Gasteiger partial charge on any atom is -0.376 e. The lowest BCUT2D eigenvalue weighted by Gasteiger charge is -2.44. The zero-order valence-electron chi connectivity index (χ0n) is 20.5. The highest BCUT2D eigenvalue weighted by molar-refractivity contribution is 5.98. The van der Waals surface area contributed by atoms with Gasteiger partial charge in [0.1, 0.15) is 11.8 Å². The number of aryl methyl sites for hydroxylation is 1. The summed E-state index contributed by atoms with van der Waals surface area (Å²) < 4.78 is 11.9. The molecule has 2 atom stereocenters. The molecule has 0 radical (unpaired) electrons. The molecule has 3 aliphatic rings. The summed E-state index contributed by atoms with van der Waals surface area (Å²) >= 11 is 0. The van der Waals surface area contributed by atoms with Crippen LogP contribution in [0.25, 0.3) is 0 Å². The zero-order chi connectivity index (χ0) is 24.3. The van der Waals surface area contributed by atoms with Crippen LogP contribution in [0.1, 0.15) is 61.9 Å². The van der Waals surface area contributed by atoms with Gasteiger partial charge in [0.2, 0.25) is 11.8 Å². The third-order valence-electron chi connectivity index (χ3n) is 7.06. The summed E-state index contributed by atoms with van der Waals surface area (Å²) in [4.78, 5) is 43.1. The molecule has 1 aromatic rings. The van der Waals surface area contributed by atoms with E-state index < -0.39 is 11.8 Å². The van der Waals surface area contributed by atoms with E-state index in [9.17, 15) is 14.4 Å². The van der Waals surface area contributed by atoms with Crippen molar-refractivity contribution in [2.45, 2.75) is 70.7 Å². The van der Waals surface area contributed by atoms with Crippen LogP contribution in [0.4, 0.5) is 0 Å². The normalized spacial score (nSPS) is 24.1. The van der Waals surface area contributed by atoms with E-state index in [1.54, 1.807) is 11.0 Å². The molecule has 0 unspecified atom stereocenters. The first-order valence-corrected chi connectivity index (χ1v) is 12.5. The maximum absolute atomic E-state index is 13.8. The van der Waals surface area contributed by atoms with Gasteiger partial charge in [0.05, 0.1) is 12.7 Å². The van der Waals surface area contributed by atoms with Gasteiger partial charge >= 0.3 is 0 Å². The molecule has 1 aromatic carbocycles. The van der Waals surface area contributed by atoms with Crippen LogP contribution in [0.5, 0.6) is 0 Å². The van der Waals surface area contributed by atoms with Crippen molar-refractivity contribution in [1.29, 1.82) is 0 Å². The maximum atomic E-state index is 13.8. The Morgan fingerprint density at radius 1 is 1.21 bits per heavy atom. The Morgan fingerprint density at radius 3 is 2.62 bits per heavy atom. The number of benzene rings is 1. The van der Waals surface area contributed by atoms with Crippen LogP contribution in [-0.2, 0) is 19.1 Å². The predicted octanol–water partition coefficient (Wildman–Crippen LogP) is 2.50. The minimum atomic E-state index is -0.888. The van der Waals surface area contributed by atoms with Crippen molar-refractivity contribution in [3.8, 4) is 0 Å². The third-order valence-corrected chi connectivity index (χ3v) is 7.06. The standard InChI is InChI=1S/C26H37N3O5/c1-18(2)14-23(30)28-11-9-26(10-12-28)29(25(32)20-7-4-6-19(3)15-20)22(17-34-26)24(31)27-16-21-8-5-13-33-21/h4,6-7,15,18,21-22H,5,8-14,16-17H2,1-3H3,(H,27,31)/t21-,22+/m0/s1. The Kier molecular flexibility index (Phi) is 7.57. The summed E-state index contributed by atoms with van der Waals surface area (Å²) in [7, 11) is 0. The first kappa shape index (κ1) is 24.7. The molecule has 1 spiro atoms. The molecule has 0 aromatic heterocycles. The summed E-state index contributed by atoms with van der Waals surface area (Å²) in [6.07, 6.45) is 3.44. The number of carbonyl (C=O) groups excluding carboxylic acids is 3. The molecule has 3 saturated heterocycles. The second-order valence-corrected chi connectivity index (χ2v) is 10.2. The summed E-state index contributed by atoms with van der Waals surface area (Å²) in [5.41, 5.74) is 0.634. The third kappa shape index (κ3) is 5.28. The van der Waals surface area contributed by atoms with E-state index in [0.29, 0.717) is 50.4 Å². The van der Waals surface area contributed by atoms with E-state index >= 15 is 0 Å². The molecule has 0 saturated carbocycles. The lowest BCUT2D eigenvalue weighted by atomic mass is 9.95. The van der Waals surface area contributed by atoms with Gasteiger partial charge in [-0.2, -0.15) is 0 Å². The minimum absolute atomic E-state index is 0.0244. The van der Waals surface area contributed by atoms with Crippen molar-refractivity contribution in [3.05, 3.63) is 35.4 Å². The van der Waals surface area contributed by atoms with Gasteiger partial charge in [0, 0.05) is 51.1 Å². The number of hydrogen-bond donors (Lipinski definition) is 1. The van der Waals surface area contributed by atoms with Gasteiger partial charge in [0.15, 0.2) is 0 Å². The topological polar surface area (TPSA) is 88.2 Å². The van der Waals surface area contributed by atoms with E-state index in [1.165, 1.54) is 0 Å². The molecule has 3 amide bonds. The maximum Gasteiger partial charge on any atom is 0.256 e. The van der Waals surface area contributed by atoms with E-state index in [-0.39, 0.29) is 30.4 Å². The highest BCUT2D eigenvalue weighted by atomic mass is 16.5. The molecular formula is C26H37N3O5. The molecule has 8 heteroatoms. The predicted molar refractivity (Wildman–Crippen MR) is 127 cm³/mol. The lowest BCUT2D eigenvalue weighted by molar-refractivity contribution is -0.144. The Morgan fingerprint density at radius 2 is 1.97 bits per heavy atom. The average molecular weight is 472 g/mol. The van der Waals surface area contributed by atoms with E-state index in [4.69, 9.17) is 9.47 Å². The summed E-state index contributed by atoms with van der Waals surface area (Å²) in [6, 6.07) is 6.71. The molecule has 0 bridgehead atoms. The monoisotopic (exact) mass is 471 g/mol. The van der Waals surface area contributed by atoms with Crippen LogP contribution in [0.2, 0.25) is 0 Å². The first-order chi connectivity index (χ1) is 16.3. The summed E-state index contributed by atoms with van der Waals surface area (Å²) in [5, 5.41) is 2.98. The molecule has 3 heterocycles. The second kappa shape index (κ2) is 10.4. The number of nitrogens with zero attached hydrogens (tertiary/aromatic N) is 2. The highest BCUT2D eigenvalue weighted by Crippen LogP contribution is 2.38. The smallest absolute Gasteiger partial charge is 0.256 e. The van der Waals surface area contributed by atoms with Crippen molar-refractivity contribution in [3.63, 3.8) is 0 Å². The largest absolute Gasteiger partial charge is 0.376 e. The molecular weight excluding hydrogens is 434 g/mol. The van der Waals surface area contributed by atoms with Crippen molar-refractivity contribution in [1.82, 2.24) is 15.1 Å². The Hall–Kier alpha value is -2.45. The van der Waals surface area contributed by atoms with Gasteiger partial charge in [-0.05, 0) is 37.8 Å². The van der Waals surface area contributed by atoms with E-state index in [0.717, 1.165) is 25.0 Å². The summed E-state index contributed by atoms with van der Waals surface area (Å²) in [5.74, 6) is -0.000170. The Balaban J connectivity index is 1.53. The average Bonchev–Trinajstić information content (AvgIpc) is 3.45. The number of hydrogen-bond acceptors (Lipinski definition) is 5. The summed E-state index contributed by atoms with van der Waals surface area (Å²) in [6.45, 7) is 8.33.